The quantitative estimate of drug-likeness (QED) is 0.813. The summed E-state index contributed by atoms with van der Waals surface area (Å²) < 4.78 is 7.18. The van der Waals surface area contributed by atoms with Crippen LogP contribution >= 0.6 is 0 Å². The standard InChI is InChI=1S/C13H24N4O2/c1-9-8-19-5-4-16(9)6-12(18)7-17-11(3)13(14)10(2)15-17/h9,12,18H,4-8,14H2,1-3H3. The molecule has 2 unspecified atom stereocenters. The molecule has 1 aliphatic heterocycles. The molecule has 1 fully saturated rings. The maximum absolute atomic E-state index is 10.2. The van der Waals surface area contributed by atoms with Gasteiger partial charge in [-0.3, -0.25) is 9.58 Å². The Labute approximate surface area is 114 Å². The molecule has 6 heteroatoms. The maximum atomic E-state index is 10.2. The Bertz CT molecular complexity index is 433. The van der Waals surface area contributed by atoms with Gasteiger partial charge in [0.1, 0.15) is 0 Å². The topological polar surface area (TPSA) is 76.5 Å². The number of hydrogen-bond acceptors (Lipinski definition) is 5. The summed E-state index contributed by atoms with van der Waals surface area (Å²) in [6, 6.07) is 0.355. The van der Waals surface area contributed by atoms with Gasteiger partial charge in [0.05, 0.1) is 42.9 Å². The van der Waals surface area contributed by atoms with E-state index in [-0.39, 0.29) is 0 Å². The van der Waals surface area contributed by atoms with E-state index in [9.17, 15) is 5.11 Å². The second-order valence-corrected chi connectivity index (χ2v) is 5.34. The molecule has 0 saturated carbocycles. The number of ether oxygens (including phenoxy) is 1. The molecule has 2 heterocycles. The van der Waals surface area contributed by atoms with Crippen molar-refractivity contribution in [3.05, 3.63) is 11.4 Å². The van der Waals surface area contributed by atoms with Crippen LogP contribution in [0.4, 0.5) is 5.69 Å². The van der Waals surface area contributed by atoms with E-state index in [1.54, 1.807) is 4.68 Å². The molecular formula is C13H24N4O2. The Hall–Kier alpha value is -1.11. The molecule has 1 saturated heterocycles. The number of hydrogen-bond donors (Lipinski definition) is 2. The number of aryl methyl sites for hydroxylation is 1. The van der Waals surface area contributed by atoms with Crippen molar-refractivity contribution in [3.8, 4) is 0 Å². The van der Waals surface area contributed by atoms with Crippen molar-refractivity contribution in [2.75, 3.05) is 32.0 Å². The summed E-state index contributed by atoms with van der Waals surface area (Å²) in [4.78, 5) is 2.25. The number of morpholine rings is 1. The number of nitrogen functional groups attached to an aromatic ring is 1. The van der Waals surface area contributed by atoms with Crippen LogP contribution in [0.2, 0.25) is 0 Å². The summed E-state index contributed by atoms with van der Waals surface area (Å²) in [5.74, 6) is 0. The lowest BCUT2D eigenvalue weighted by atomic mass is 10.2. The van der Waals surface area contributed by atoms with Crippen molar-refractivity contribution in [2.24, 2.45) is 0 Å². The minimum Gasteiger partial charge on any atom is -0.396 e. The van der Waals surface area contributed by atoms with Crippen molar-refractivity contribution >= 4 is 5.69 Å². The van der Waals surface area contributed by atoms with Crippen LogP contribution < -0.4 is 5.73 Å². The number of rotatable bonds is 4. The number of nitrogens with two attached hydrogens (primary N) is 1. The van der Waals surface area contributed by atoms with Crippen LogP contribution in [-0.4, -0.2) is 58.2 Å². The minimum absolute atomic E-state index is 0.355. The fourth-order valence-corrected chi connectivity index (χ4v) is 2.45. The fourth-order valence-electron chi connectivity index (χ4n) is 2.45. The number of anilines is 1. The van der Waals surface area contributed by atoms with Gasteiger partial charge in [-0.2, -0.15) is 5.10 Å². The highest BCUT2D eigenvalue weighted by atomic mass is 16.5. The number of β-amino-alcohol motifs (C(OH)–C–C–N with tert-alkyl or cyclic N) is 1. The molecule has 2 rings (SSSR count). The van der Waals surface area contributed by atoms with Gasteiger partial charge in [0.15, 0.2) is 0 Å². The third-order valence-corrected chi connectivity index (χ3v) is 3.77. The summed E-state index contributed by atoms with van der Waals surface area (Å²) in [5.41, 5.74) is 8.35. The average molecular weight is 268 g/mol. The molecular weight excluding hydrogens is 244 g/mol. The molecule has 0 aromatic carbocycles. The van der Waals surface area contributed by atoms with Gasteiger partial charge in [-0.15, -0.1) is 0 Å². The van der Waals surface area contributed by atoms with Gasteiger partial charge in [0.2, 0.25) is 0 Å². The first-order valence-electron chi connectivity index (χ1n) is 6.78. The first-order chi connectivity index (χ1) is 8.99. The zero-order valence-electron chi connectivity index (χ0n) is 12.0. The SMILES string of the molecule is Cc1nn(CC(O)CN2CCOCC2C)c(C)c1N. The van der Waals surface area contributed by atoms with E-state index in [2.05, 4.69) is 16.9 Å². The van der Waals surface area contributed by atoms with Crippen LogP contribution in [0.15, 0.2) is 0 Å². The van der Waals surface area contributed by atoms with Crippen LogP contribution in [0.25, 0.3) is 0 Å². The molecule has 0 amide bonds. The van der Waals surface area contributed by atoms with E-state index in [1.165, 1.54) is 0 Å². The average Bonchev–Trinajstić information content (AvgIpc) is 2.60. The number of aliphatic hydroxyl groups excluding tert-OH is 1. The number of aromatic nitrogens is 2. The Morgan fingerprint density at radius 3 is 2.79 bits per heavy atom. The summed E-state index contributed by atoms with van der Waals surface area (Å²) in [6.07, 6.45) is -0.446. The summed E-state index contributed by atoms with van der Waals surface area (Å²) in [7, 11) is 0. The van der Waals surface area contributed by atoms with Crippen molar-refractivity contribution in [3.63, 3.8) is 0 Å². The van der Waals surface area contributed by atoms with Crippen LogP contribution in [0, 0.1) is 13.8 Å². The Kier molecular flexibility index (Phi) is 4.44. The zero-order valence-corrected chi connectivity index (χ0v) is 12.0. The van der Waals surface area contributed by atoms with E-state index in [1.807, 2.05) is 13.8 Å². The Morgan fingerprint density at radius 2 is 2.21 bits per heavy atom. The van der Waals surface area contributed by atoms with Crippen LogP contribution in [0.5, 0.6) is 0 Å². The van der Waals surface area contributed by atoms with E-state index in [0.717, 1.165) is 31.1 Å². The fraction of sp³-hybridized carbons (Fsp3) is 0.769. The molecule has 6 nitrogen and oxygen atoms in total. The van der Waals surface area contributed by atoms with Crippen LogP contribution in [-0.2, 0) is 11.3 Å². The third-order valence-electron chi connectivity index (χ3n) is 3.77. The van der Waals surface area contributed by atoms with Crippen molar-refractivity contribution in [1.82, 2.24) is 14.7 Å². The predicted molar refractivity (Wildman–Crippen MR) is 74.0 cm³/mol. The first kappa shape index (κ1) is 14.3. The minimum atomic E-state index is -0.446. The molecule has 0 aliphatic carbocycles. The van der Waals surface area contributed by atoms with E-state index in [0.29, 0.717) is 24.8 Å². The second kappa shape index (κ2) is 5.90. The van der Waals surface area contributed by atoms with Crippen molar-refractivity contribution in [2.45, 2.75) is 39.5 Å². The van der Waals surface area contributed by atoms with Crippen LogP contribution in [0.1, 0.15) is 18.3 Å². The van der Waals surface area contributed by atoms with E-state index < -0.39 is 6.10 Å². The van der Waals surface area contributed by atoms with Gasteiger partial charge in [-0.1, -0.05) is 0 Å². The molecule has 1 aliphatic rings. The van der Waals surface area contributed by atoms with Gasteiger partial charge in [-0.05, 0) is 20.8 Å². The van der Waals surface area contributed by atoms with E-state index in [4.69, 9.17) is 10.5 Å². The Morgan fingerprint density at radius 1 is 1.47 bits per heavy atom. The second-order valence-electron chi connectivity index (χ2n) is 5.34. The van der Waals surface area contributed by atoms with Gasteiger partial charge in [0.25, 0.3) is 0 Å². The first-order valence-corrected chi connectivity index (χ1v) is 6.78. The normalized spacial score (nSPS) is 22.6. The van der Waals surface area contributed by atoms with Crippen LogP contribution in [0.3, 0.4) is 0 Å². The molecule has 0 bridgehead atoms. The highest BCUT2D eigenvalue weighted by molar-refractivity contribution is 5.46. The lowest BCUT2D eigenvalue weighted by Crippen LogP contribution is -2.47. The van der Waals surface area contributed by atoms with Crippen molar-refractivity contribution < 1.29 is 9.84 Å². The summed E-state index contributed by atoms with van der Waals surface area (Å²) >= 11 is 0. The maximum Gasteiger partial charge on any atom is 0.0862 e. The highest BCUT2D eigenvalue weighted by Gasteiger charge is 2.22. The summed E-state index contributed by atoms with van der Waals surface area (Å²) in [5, 5.41) is 14.6. The lowest BCUT2D eigenvalue weighted by molar-refractivity contribution is -0.0227. The van der Waals surface area contributed by atoms with Gasteiger partial charge in [-0.25, -0.2) is 0 Å². The molecule has 1 aromatic heterocycles. The monoisotopic (exact) mass is 268 g/mol. The largest absolute Gasteiger partial charge is 0.396 e. The van der Waals surface area contributed by atoms with Gasteiger partial charge >= 0.3 is 0 Å². The number of aliphatic hydroxyl groups is 1. The molecule has 2 atom stereocenters. The predicted octanol–water partition coefficient (Wildman–Crippen LogP) is 0.164. The number of nitrogens with zero attached hydrogens (tertiary/aromatic N) is 3. The molecule has 19 heavy (non-hydrogen) atoms. The molecule has 108 valence electrons. The molecule has 3 N–H and O–H groups in total. The third kappa shape index (κ3) is 3.26. The smallest absolute Gasteiger partial charge is 0.0862 e. The molecule has 0 radical (unpaired) electrons. The highest BCUT2D eigenvalue weighted by Crippen LogP contribution is 2.15. The van der Waals surface area contributed by atoms with Gasteiger partial charge < -0.3 is 15.6 Å². The Balaban J connectivity index is 1.93. The van der Waals surface area contributed by atoms with Crippen molar-refractivity contribution in [1.29, 1.82) is 0 Å². The molecule has 1 aromatic rings. The van der Waals surface area contributed by atoms with Gasteiger partial charge in [0, 0.05) is 19.1 Å². The molecule has 0 spiro atoms. The van der Waals surface area contributed by atoms with E-state index >= 15 is 0 Å². The zero-order chi connectivity index (χ0) is 14.0. The lowest BCUT2D eigenvalue weighted by Gasteiger charge is -2.34. The summed E-state index contributed by atoms with van der Waals surface area (Å²) in [6.45, 7) is 9.40.